The summed E-state index contributed by atoms with van der Waals surface area (Å²) in [5, 5.41) is 19.5. The normalized spacial score (nSPS) is 14.8. The number of carbonyl (C=O) groups is 2. The van der Waals surface area contributed by atoms with E-state index in [0.29, 0.717) is 12.8 Å². The minimum atomic E-state index is -0.811. The summed E-state index contributed by atoms with van der Waals surface area (Å²) in [6, 6.07) is 19.1. The summed E-state index contributed by atoms with van der Waals surface area (Å²) >= 11 is 0. The Morgan fingerprint density at radius 2 is 0.917 bits per heavy atom. The lowest BCUT2D eigenvalue weighted by molar-refractivity contribution is -0.144. The monoisotopic (exact) mass is 492 g/mol. The SMILES string of the molecule is CC(CCCCCC/C=C\CCCCCCC(C)(C(=O)O)c1ccccc1)(C(=O)O)c1ccccc1. The Labute approximate surface area is 217 Å². The van der Waals surface area contributed by atoms with Gasteiger partial charge in [0.15, 0.2) is 0 Å². The van der Waals surface area contributed by atoms with E-state index >= 15 is 0 Å². The summed E-state index contributed by atoms with van der Waals surface area (Å²) in [5.74, 6) is -1.49. The minimum Gasteiger partial charge on any atom is -0.481 e. The standard InChI is InChI=1S/C32H44O4/c1-31(29(33)34,27-21-15-13-16-22-27)25-19-11-9-7-5-3-4-6-8-10-12-20-26-32(2,30(35)36)28-23-17-14-18-24-28/h3-4,13-18,21-24H,5-12,19-20,25-26H2,1-2H3,(H,33,34)(H,35,36)/b4-3-. The fraction of sp³-hybridized carbons (Fsp3) is 0.500. The van der Waals surface area contributed by atoms with Gasteiger partial charge >= 0.3 is 11.9 Å². The molecule has 4 nitrogen and oxygen atoms in total. The highest BCUT2D eigenvalue weighted by Gasteiger charge is 2.35. The van der Waals surface area contributed by atoms with Crippen molar-refractivity contribution in [3.63, 3.8) is 0 Å². The maximum absolute atomic E-state index is 11.9. The van der Waals surface area contributed by atoms with Crippen LogP contribution in [0.3, 0.4) is 0 Å². The Balaban J connectivity index is 1.53. The second-order valence-electron chi connectivity index (χ2n) is 10.4. The molecule has 2 unspecified atom stereocenters. The van der Waals surface area contributed by atoms with Crippen LogP contribution in [0.25, 0.3) is 0 Å². The second kappa shape index (κ2) is 15.3. The third kappa shape index (κ3) is 8.96. The summed E-state index contributed by atoms with van der Waals surface area (Å²) in [4.78, 5) is 23.7. The average Bonchev–Trinajstić information content (AvgIpc) is 2.89. The van der Waals surface area contributed by atoms with E-state index in [1.54, 1.807) is 0 Å². The van der Waals surface area contributed by atoms with Crippen LogP contribution in [0, 0.1) is 0 Å². The van der Waals surface area contributed by atoms with Crippen molar-refractivity contribution in [3.8, 4) is 0 Å². The molecule has 0 aromatic heterocycles. The first kappa shape index (κ1) is 29.4. The molecule has 2 aromatic carbocycles. The Morgan fingerprint density at radius 3 is 1.25 bits per heavy atom. The molecule has 0 aliphatic rings. The molecule has 0 radical (unpaired) electrons. The van der Waals surface area contributed by atoms with Crippen LogP contribution in [0.5, 0.6) is 0 Å². The van der Waals surface area contributed by atoms with Crippen LogP contribution in [0.2, 0.25) is 0 Å². The van der Waals surface area contributed by atoms with Crippen molar-refractivity contribution in [1.29, 1.82) is 0 Å². The number of unbranched alkanes of at least 4 members (excludes halogenated alkanes) is 8. The van der Waals surface area contributed by atoms with Crippen LogP contribution in [0.15, 0.2) is 72.8 Å². The van der Waals surface area contributed by atoms with Gasteiger partial charge in [-0.25, -0.2) is 0 Å². The van der Waals surface area contributed by atoms with Gasteiger partial charge in [0, 0.05) is 0 Å². The predicted octanol–water partition coefficient (Wildman–Crippen LogP) is 8.31. The molecule has 196 valence electrons. The number of rotatable bonds is 18. The van der Waals surface area contributed by atoms with E-state index in [0.717, 1.165) is 75.3 Å². The van der Waals surface area contributed by atoms with Crippen LogP contribution in [0.4, 0.5) is 0 Å². The summed E-state index contributed by atoms with van der Waals surface area (Å²) in [6.45, 7) is 3.67. The van der Waals surface area contributed by atoms with Crippen molar-refractivity contribution < 1.29 is 19.8 Å². The zero-order valence-corrected chi connectivity index (χ0v) is 22.1. The van der Waals surface area contributed by atoms with Crippen molar-refractivity contribution in [3.05, 3.63) is 83.9 Å². The van der Waals surface area contributed by atoms with Crippen LogP contribution in [-0.2, 0) is 20.4 Å². The number of aliphatic carboxylic acids is 2. The first-order valence-electron chi connectivity index (χ1n) is 13.5. The highest BCUT2D eigenvalue weighted by molar-refractivity contribution is 5.81. The lowest BCUT2D eigenvalue weighted by atomic mass is 9.78. The van der Waals surface area contributed by atoms with Gasteiger partial charge in [0.05, 0.1) is 10.8 Å². The van der Waals surface area contributed by atoms with Crippen LogP contribution >= 0.6 is 0 Å². The fourth-order valence-corrected chi connectivity index (χ4v) is 4.79. The molecule has 4 heteroatoms. The zero-order chi connectivity index (χ0) is 26.3. The molecule has 0 aliphatic heterocycles. The van der Waals surface area contributed by atoms with Crippen molar-refractivity contribution in [2.45, 2.75) is 102 Å². The molecule has 2 aromatic rings. The molecular formula is C32H44O4. The molecule has 0 bridgehead atoms. The molecule has 0 aliphatic carbocycles. The molecule has 0 spiro atoms. The number of allylic oxidation sites excluding steroid dienone is 2. The number of hydrogen-bond donors (Lipinski definition) is 2. The zero-order valence-electron chi connectivity index (χ0n) is 22.1. The van der Waals surface area contributed by atoms with E-state index in [1.807, 2.05) is 74.5 Å². The third-order valence-electron chi connectivity index (χ3n) is 7.53. The maximum Gasteiger partial charge on any atom is 0.313 e. The first-order chi connectivity index (χ1) is 17.3. The van der Waals surface area contributed by atoms with Crippen molar-refractivity contribution in [1.82, 2.24) is 0 Å². The molecule has 0 fully saturated rings. The van der Waals surface area contributed by atoms with E-state index in [9.17, 15) is 19.8 Å². The number of benzene rings is 2. The number of carboxylic acids is 2. The lowest BCUT2D eigenvalue weighted by Gasteiger charge is -2.25. The Bertz CT molecular complexity index is 860. The van der Waals surface area contributed by atoms with Gasteiger partial charge in [-0.2, -0.15) is 0 Å². The Kier molecular flexibility index (Phi) is 12.5. The van der Waals surface area contributed by atoms with Gasteiger partial charge in [0.1, 0.15) is 0 Å². The fourth-order valence-electron chi connectivity index (χ4n) is 4.79. The van der Waals surface area contributed by atoms with Gasteiger partial charge in [-0.3, -0.25) is 9.59 Å². The van der Waals surface area contributed by atoms with Crippen LogP contribution in [0.1, 0.15) is 102 Å². The largest absolute Gasteiger partial charge is 0.481 e. The molecule has 0 saturated carbocycles. The van der Waals surface area contributed by atoms with Crippen molar-refractivity contribution >= 4 is 11.9 Å². The maximum atomic E-state index is 11.9. The van der Waals surface area contributed by atoms with E-state index in [1.165, 1.54) is 0 Å². The lowest BCUT2D eigenvalue weighted by Crippen LogP contribution is -2.32. The molecule has 36 heavy (non-hydrogen) atoms. The predicted molar refractivity (Wildman–Crippen MR) is 147 cm³/mol. The molecule has 2 rings (SSSR count). The van der Waals surface area contributed by atoms with Crippen LogP contribution in [-0.4, -0.2) is 22.2 Å². The Hall–Kier alpha value is -2.88. The van der Waals surface area contributed by atoms with E-state index in [2.05, 4.69) is 12.2 Å². The second-order valence-corrected chi connectivity index (χ2v) is 10.4. The molecule has 0 amide bonds. The molecule has 2 atom stereocenters. The van der Waals surface area contributed by atoms with Gasteiger partial charge in [0.25, 0.3) is 0 Å². The van der Waals surface area contributed by atoms with Gasteiger partial charge in [-0.15, -0.1) is 0 Å². The van der Waals surface area contributed by atoms with Gasteiger partial charge in [0.2, 0.25) is 0 Å². The summed E-state index contributed by atoms with van der Waals surface area (Å²) in [7, 11) is 0. The smallest absolute Gasteiger partial charge is 0.313 e. The van der Waals surface area contributed by atoms with Gasteiger partial charge in [-0.1, -0.05) is 111 Å². The molecule has 0 heterocycles. The van der Waals surface area contributed by atoms with E-state index in [-0.39, 0.29) is 0 Å². The highest BCUT2D eigenvalue weighted by atomic mass is 16.4. The minimum absolute atomic E-state index is 0.666. The van der Waals surface area contributed by atoms with E-state index in [4.69, 9.17) is 0 Å². The third-order valence-corrected chi connectivity index (χ3v) is 7.53. The average molecular weight is 493 g/mol. The van der Waals surface area contributed by atoms with E-state index < -0.39 is 22.8 Å². The van der Waals surface area contributed by atoms with Crippen molar-refractivity contribution in [2.75, 3.05) is 0 Å². The van der Waals surface area contributed by atoms with Crippen molar-refractivity contribution in [2.24, 2.45) is 0 Å². The summed E-state index contributed by atoms with van der Waals surface area (Å²) < 4.78 is 0. The molecule has 0 saturated heterocycles. The Morgan fingerprint density at radius 1 is 0.583 bits per heavy atom. The van der Waals surface area contributed by atoms with Crippen LogP contribution < -0.4 is 0 Å². The molecular weight excluding hydrogens is 448 g/mol. The summed E-state index contributed by atoms with van der Waals surface area (Å²) in [5.41, 5.74) is 0.143. The quantitative estimate of drug-likeness (QED) is 0.162. The topological polar surface area (TPSA) is 74.6 Å². The number of hydrogen-bond acceptors (Lipinski definition) is 2. The first-order valence-corrected chi connectivity index (χ1v) is 13.5. The van der Waals surface area contributed by atoms with Gasteiger partial charge < -0.3 is 10.2 Å². The summed E-state index contributed by atoms with van der Waals surface area (Å²) in [6.07, 6.45) is 16.5. The van der Waals surface area contributed by atoms with Gasteiger partial charge in [-0.05, 0) is 63.5 Å². The number of carboxylic acid groups (broad SMARTS) is 2. The molecule has 2 N–H and O–H groups in total. The highest BCUT2D eigenvalue weighted by Crippen LogP contribution is 2.31.